The lowest BCUT2D eigenvalue weighted by atomic mass is 10.1. The van der Waals surface area contributed by atoms with Crippen LogP contribution < -0.4 is 10.1 Å². The molecular formula is C15H19IN4O. The molecule has 0 bridgehead atoms. The SMILES string of the molecule is CCNc1nc(-c2cccc(OC)n2)nc(C(C)C)c1I. The van der Waals surface area contributed by atoms with Gasteiger partial charge in [-0.25, -0.2) is 15.0 Å². The van der Waals surface area contributed by atoms with E-state index in [2.05, 4.69) is 63.6 Å². The van der Waals surface area contributed by atoms with Gasteiger partial charge in [0.25, 0.3) is 0 Å². The molecule has 0 amide bonds. The molecule has 5 nitrogen and oxygen atoms in total. The summed E-state index contributed by atoms with van der Waals surface area (Å²) in [6.45, 7) is 7.12. The van der Waals surface area contributed by atoms with Gasteiger partial charge >= 0.3 is 0 Å². The number of halogens is 1. The molecule has 0 fully saturated rings. The average Bonchev–Trinajstić information content (AvgIpc) is 2.49. The van der Waals surface area contributed by atoms with E-state index in [4.69, 9.17) is 4.74 Å². The minimum Gasteiger partial charge on any atom is -0.481 e. The second kappa shape index (κ2) is 7.02. The van der Waals surface area contributed by atoms with Gasteiger partial charge in [-0.1, -0.05) is 19.9 Å². The molecule has 0 atom stereocenters. The molecule has 2 aromatic rings. The number of aromatic nitrogens is 3. The highest BCUT2D eigenvalue weighted by atomic mass is 127. The first kappa shape index (κ1) is 15.9. The van der Waals surface area contributed by atoms with E-state index < -0.39 is 0 Å². The highest BCUT2D eigenvalue weighted by molar-refractivity contribution is 14.1. The number of nitrogens with zero attached hydrogens (tertiary/aromatic N) is 3. The molecular weight excluding hydrogens is 379 g/mol. The molecule has 21 heavy (non-hydrogen) atoms. The molecule has 0 saturated carbocycles. The number of anilines is 1. The van der Waals surface area contributed by atoms with Crippen molar-refractivity contribution in [1.29, 1.82) is 0 Å². The van der Waals surface area contributed by atoms with E-state index in [1.807, 2.05) is 18.2 Å². The minimum absolute atomic E-state index is 0.321. The Balaban J connectivity index is 2.56. The summed E-state index contributed by atoms with van der Waals surface area (Å²) < 4.78 is 6.24. The van der Waals surface area contributed by atoms with Gasteiger partial charge in [-0.3, -0.25) is 0 Å². The van der Waals surface area contributed by atoms with E-state index in [0.29, 0.717) is 23.3 Å². The topological polar surface area (TPSA) is 59.9 Å². The van der Waals surface area contributed by atoms with Crippen molar-refractivity contribution in [2.24, 2.45) is 0 Å². The van der Waals surface area contributed by atoms with Crippen LogP contribution in [0.3, 0.4) is 0 Å². The van der Waals surface area contributed by atoms with E-state index in [-0.39, 0.29) is 0 Å². The second-order valence-corrected chi connectivity index (χ2v) is 5.92. The molecule has 0 saturated heterocycles. The highest BCUT2D eigenvalue weighted by Crippen LogP contribution is 2.28. The quantitative estimate of drug-likeness (QED) is 0.779. The summed E-state index contributed by atoms with van der Waals surface area (Å²) in [5.41, 5.74) is 1.74. The first-order valence-electron chi connectivity index (χ1n) is 6.89. The van der Waals surface area contributed by atoms with E-state index in [1.54, 1.807) is 7.11 Å². The molecule has 112 valence electrons. The molecule has 0 aliphatic heterocycles. The molecule has 0 spiro atoms. The molecule has 2 aromatic heterocycles. The van der Waals surface area contributed by atoms with Crippen LogP contribution in [0.25, 0.3) is 11.5 Å². The van der Waals surface area contributed by atoms with Crippen LogP contribution in [0.4, 0.5) is 5.82 Å². The summed E-state index contributed by atoms with van der Waals surface area (Å²) in [5, 5.41) is 3.29. The molecule has 6 heteroatoms. The lowest BCUT2D eigenvalue weighted by Gasteiger charge is -2.14. The van der Waals surface area contributed by atoms with Gasteiger partial charge in [0.05, 0.1) is 16.4 Å². The van der Waals surface area contributed by atoms with Crippen molar-refractivity contribution >= 4 is 28.4 Å². The summed E-state index contributed by atoms with van der Waals surface area (Å²) in [6, 6.07) is 5.60. The lowest BCUT2D eigenvalue weighted by molar-refractivity contribution is 0.398. The lowest BCUT2D eigenvalue weighted by Crippen LogP contribution is -2.09. The Morgan fingerprint density at radius 3 is 2.62 bits per heavy atom. The van der Waals surface area contributed by atoms with Crippen molar-refractivity contribution in [2.45, 2.75) is 26.7 Å². The largest absolute Gasteiger partial charge is 0.481 e. The van der Waals surface area contributed by atoms with Crippen LogP contribution in [0.1, 0.15) is 32.4 Å². The van der Waals surface area contributed by atoms with Crippen LogP contribution in [-0.2, 0) is 0 Å². The number of rotatable bonds is 5. The first-order chi connectivity index (χ1) is 10.1. The van der Waals surface area contributed by atoms with Crippen molar-refractivity contribution in [3.05, 3.63) is 27.5 Å². The van der Waals surface area contributed by atoms with Crippen molar-refractivity contribution in [3.63, 3.8) is 0 Å². The third kappa shape index (κ3) is 3.61. The fourth-order valence-corrected chi connectivity index (χ4v) is 2.95. The van der Waals surface area contributed by atoms with Gasteiger partial charge in [0.1, 0.15) is 11.5 Å². The van der Waals surface area contributed by atoms with Gasteiger partial charge in [0.15, 0.2) is 5.82 Å². The predicted octanol–water partition coefficient (Wildman–Crippen LogP) is 3.71. The highest BCUT2D eigenvalue weighted by Gasteiger charge is 2.16. The molecule has 0 unspecified atom stereocenters. The van der Waals surface area contributed by atoms with Gasteiger partial charge in [0, 0.05) is 12.6 Å². The Morgan fingerprint density at radius 2 is 2.00 bits per heavy atom. The molecule has 0 aliphatic carbocycles. The number of methoxy groups -OCH3 is 1. The molecule has 2 heterocycles. The van der Waals surface area contributed by atoms with Crippen LogP contribution in [0.5, 0.6) is 5.88 Å². The van der Waals surface area contributed by atoms with Gasteiger partial charge in [0.2, 0.25) is 5.88 Å². The number of hydrogen-bond donors (Lipinski definition) is 1. The maximum Gasteiger partial charge on any atom is 0.213 e. The molecule has 1 N–H and O–H groups in total. The monoisotopic (exact) mass is 398 g/mol. The van der Waals surface area contributed by atoms with Crippen molar-refractivity contribution in [3.8, 4) is 17.4 Å². The maximum atomic E-state index is 5.17. The second-order valence-electron chi connectivity index (χ2n) is 4.85. The number of nitrogens with one attached hydrogen (secondary N) is 1. The summed E-state index contributed by atoms with van der Waals surface area (Å²) in [6.07, 6.45) is 0. The Hall–Kier alpha value is -1.44. The zero-order valence-corrected chi connectivity index (χ0v) is 14.8. The number of pyridine rings is 1. The van der Waals surface area contributed by atoms with Crippen LogP contribution in [0.15, 0.2) is 18.2 Å². The van der Waals surface area contributed by atoms with E-state index >= 15 is 0 Å². The molecule has 0 aliphatic rings. The van der Waals surface area contributed by atoms with Crippen LogP contribution >= 0.6 is 22.6 Å². The van der Waals surface area contributed by atoms with E-state index in [1.165, 1.54) is 0 Å². The molecule has 2 rings (SSSR count). The predicted molar refractivity (Wildman–Crippen MR) is 92.8 cm³/mol. The van der Waals surface area contributed by atoms with Crippen LogP contribution in [0, 0.1) is 3.57 Å². The number of ether oxygens (including phenoxy) is 1. The van der Waals surface area contributed by atoms with Crippen LogP contribution in [-0.4, -0.2) is 28.6 Å². The Labute approximate surface area is 138 Å². The maximum absolute atomic E-state index is 5.17. The fourth-order valence-electron chi connectivity index (χ4n) is 1.90. The smallest absolute Gasteiger partial charge is 0.213 e. The molecule has 0 aromatic carbocycles. The van der Waals surface area contributed by atoms with Crippen molar-refractivity contribution in [2.75, 3.05) is 19.0 Å². The Bertz CT molecular complexity index is 631. The van der Waals surface area contributed by atoms with Crippen molar-refractivity contribution in [1.82, 2.24) is 15.0 Å². The third-order valence-electron chi connectivity index (χ3n) is 2.93. The Kier molecular flexibility index (Phi) is 5.33. The van der Waals surface area contributed by atoms with Gasteiger partial charge < -0.3 is 10.1 Å². The number of hydrogen-bond acceptors (Lipinski definition) is 5. The zero-order valence-electron chi connectivity index (χ0n) is 12.6. The average molecular weight is 398 g/mol. The normalized spacial score (nSPS) is 10.8. The van der Waals surface area contributed by atoms with Crippen molar-refractivity contribution < 1.29 is 4.74 Å². The third-order valence-corrected chi connectivity index (χ3v) is 3.99. The zero-order chi connectivity index (χ0) is 15.4. The Morgan fingerprint density at radius 1 is 1.24 bits per heavy atom. The summed E-state index contributed by atoms with van der Waals surface area (Å²) in [7, 11) is 1.60. The summed E-state index contributed by atoms with van der Waals surface area (Å²) in [5.74, 6) is 2.36. The standard InChI is InChI=1S/C15H19IN4O/c1-5-17-15-12(16)13(9(2)3)19-14(20-15)10-7-6-8-11(18-10)21-4/h6-9H,5H2,1-4H3,(H,17,19,20). The van der Waals surface area contributed by atoms with Gasteiger partial charge in [-0.05, 0) is 41.5 Å². The van der Waals surface area contributed by atoms with Gasteiger partial charge in [-0.15, -0.1) is 0 Å². The summed E-state index contributed by atoms with van der Waals surface area (Å²) in [4.78, 5) is 13.7. The fraction of sp³-hybridized carbons (Fsp3) is 0.400. The van der Waals surface area contributed by atoms with Gasteiger partial charge in [-0.2, -0.15) is 0 Å². The van der Waals surface area contributed by atoms with Crippen LogP contribution in [0.2, 0.25) is 0 Å². The van der Waals surface area contributed by atoms with E-state index in [0.717, 1.165) is 21.6 Å². The molecule has 0 radical (unpaired) electrons. The summed E-state index contributed by atoms with van der Waals surface area (Å²) >= 11 is 2.30. The first-order valence-corrected chi connectivity index (χ1v) is 7.97. The minimum atomic E-state index is 0.321. The van der Waals surface area contributed by atoms with E-state index in [9.17, 15) is 0 Å².